The molecular weight excluding hydrogens is 366 g/mol. The minimum absolute atomic E-state index is 0.0854. The van der Waals surface area contributed by atoms with E-state index in [0.29, 0.717) is 4.43 Å². The molecule has 0 spiro atoms. The summed E-state index contributed by atoms with van der Waals surface area (Å²) in [7, 11) is 0. The number of halogens is 2. The maximum absolute atomic E-state index is 13.0. The van der Waals surface area contributed by atoms with Crippen LogP contribution in [0.3, 0.4) is 0 Å². The van der Waals surface area contributed by atoms with Crippen molar-refractivity contribution in [1.82, 2.24) is 5.32 Å². The van der Waals surface area contributed by atoms with Crippen LogP contribution in [0.25, 0.3) is 0 Å². The van der Waals surface area contributed by atoms with Crippen molar-refractivity contribution in [3.8, 4) is 0 Å². The van der Waals surface area contributed by atoms with Crippen LogP contribution in [0.5, 0.6) is 0 Å². The molecule has 0 bridgehead atoms. The van der Waals surface area contributed by atoms with Crippen LogP contribution >= 0.6 is 22.6 Å². The fourth-order valence-corrected chi connectivity index (χ4v) is 2.71. The van der Waals surface area contributed by atoms with E-state index >= 15 is 0 Å². The lowest BCUT2D eigenvalue weighted by Crippen LogP contribution is -2.39. The third-order valence-corrected chi connectivity index (χ3v) is 3.64. The smallest absolute Gasteiger partial charge is 0.285 e. The number of nitro groups is 1. The van der Waals surface area contributed by atoms with Crippen molar-refractivity contribution in [2.24, 2.45) is 5.92 Å². The first-order chi connectivity index (χ1) is 8.86. The minimum Gasteiger partial charge on any atom is -0.348 e. The Morgan fingerprint density at radius 2 is 2.16 bits per heavy atom. The van der Waals surface area contributed by atoms with E-state index in [0.717, 1.165) is 18.2 Å². The fourth-order valence-electron chi connectivity index (χ4n) is 1.48. The molecule has 7 heteroatoms. The Bertz CT molecular complexity index is 494. The number of nitro benzene ring substituents is 1. The molecule has 0 aliphatic rings. The molecule has 0 fully saturated rings. The number of benzene rings is 1. The molecule has 1 amide bonds. The molecule has 1 unspecified atom stereocenters. The van der Waals surface area contributed by atoms with Gasteiger partial charge in [-0.1, -0.05) is 36.4 Å². The lowest BCUT2D eigenvalue weighted by Gasteiger charge is -2.19. The third-order valence-electron chi connectivity index (χ3n) is 2.69. The van der Waals surface area contributed by atoms with Crippen LogP contribution < -0.4 is 5.32 Å². The molecule has 1 atom stereocenters. The van der Waals surface area contributed by atoms with Gasteiger partial charge in [-0.2, -0.15) is 0 Å². The largest absolute Gasteiger partial charge is 0.348 e. The van der Waals surface area contributed by atoms with E-state index in [1.807, 2.05) is 13.8 Å². The second-order valence-corrected chi connectivity index (χ2v) is 5.28. The number of rotatable bonds is 5. The van der Waals surface area contributed by atoms with Crippen LogP contribution in [-0.2, 0) is 0 Å². The van der Waals surface area contributed by atoms with E-state index in [1.54, 1.807) is 0 Å². The van der Waals surface area contributed by atoms with Gasteiger partial charge in [0.05, 0.1) is 11.0 Å². The van der Waals surface area contributed by atoms with Gasteiger partial charge in [-0.25, -0.2) is 4.39 Å². The Balaban J connectivity index is 3.03. The number of hydrogen-bond donors (Lipinski definition) is 1. The summed E-state index contributed by atoms with van der Waals surface area (Å²) in [5.74, 6) is -1.08. The molecule has 1 rings (SSSR count). The van der Waals surface area contributed by atoms with Crippen molar-refractivity contribution >= 4 is 34.2 Å². The van der Waals surface area contributed by atoms with E-state index in [2.05, 4.69) is 27.9 Å². The number of hydrogen-bond acceptors (Lipinski definition) is 3. The first-order valence-electron chi connectivity index (χ1n) is 5.67. The van der Waals surface area contributed by atoms with Gasteiger partial charge in [-0.05, 0) is 18.1 Å². The summed E-state index contributed by atoms with van der Waals surface area (Å²) in [5.41, 5.74) is -0.643. The number of nitrogens with zero attached hydrogens (tertiary/aromatic N) is 1. The zero-order valence-electron chi connectivity index (χ0n) is 10.5. The molecular formula is C12H14FIN2O3. The molecule has 0 saturated heterocycles. The molecule has 104 valence electrons. The third kappa shape index (κ3) is 4.12. The van der Waals surface area contributed by atoms with Gasteiger partial charge in [-0.3, -0.25) is 14.9 Å². The highest BCUT2D eigenvalue weighted by atomic mass is 127. The number of alkyl halides is 1. The van der Waals surface area contributed by atoms with Crippen molar-refractivity contribution in [2.45, 2.75) is 19.9 Å². The summed E-state index contributed by atoms with van der Waals surface area (Å²) in [4.78, 5) is 22.1. The van der Waals surface area contributed by atoms with Gasteiger partial charge in [0.2, 0.25) is 0 Å². The predicted octanol–water partition coefficient (Wildman–Crippen LogP) is 2.92. The molecule has 0 heterocycles. The van der Waals surface area contributed by atoms with Crippen LogP contribution in [0.4, 0.5) is 10.1 Å². The normalized spacial score (nSPS) is 12.3. The molecule has 0 aliphatic carbocycles. The van der Waals surface area contributed by atoms with Gasteiger partial charge in [0.25, 0.3) is 11.6 Å². The zero-order chi connectivity index (χ0) is 14.6. The number of nitrogens with one attached hydrogen (secondary N) is 1. The van der Waals surface area contributed by atoms with Crippen LogP contribution in [0.2, 0.25) is 0 Å². The molecule has 19 heavy (non-hydrogen) atoms. The van der Waals surface area contributed by atoms with Crippen molar-refractivity contribution in [2.75, 3.05) is 4.43 Å². The van der Waals surface area contributed by atoms with E-state index in [9.17, 15) is 19.3 Å². The molecule has 0 aromatic heterocycles. The highest BCUT2D eigenvalue weighted by molar-refractivity contribution is 14.1. The first kappa shape index (κ1) is 15.8. The topological polar surface area (TPSA) is 72.2 Å². The molecule has 1 aromatic carbocycles. The standard InChI is InChI=1S/C12H14FIN2O3/c1-7(2)10(6-14)15-12(17)9-4-3-8(13)5-11(9)16(18)19/h3-5,7,10H,6H2,1-2H3,(H,15,17). The quantitative estimate of drug-likeness (QED) is 0.370. The fraction of sp³-hybridized carbons (Fsp3) is 0.417. The maximum atomic E-state index is 13.0. The number of carbonyl (C=O) groups is 1. The van der Waals surface area contributed by atoms with Crippen LogP contribution in [0.1, 0.15) is 24.2 Å². The lowest BCUT2D eigenvalue weighted by atomic mass is 10.1. The van der Waals surface area contributed by atoms with Gasteiger partial charge in [0.15, 0.2) is 0 Å². The Morgan fingerprint density at radius 1 is 1.53 bits per heavy atom. The van der Waals surface area contributed by atoms with Gasteiger partial charge in [0.1, 0.15) is 11.4 Å². The van der Waals surface area contributed by atoms with E-state index < -0.39 is 22.3 Å². The summed E-state index contributed by atoms with van der Waals surface area (Å²) in [5, 5.41) is 13.5. The Morgan fingerprint density at radius 3 is 2.63 bits per heavy atom. The highest BCUT2D eigenvalue weighted by Crippen LogP contribution is 2.20. The summed E-state index contributed by atoms with van der Waals surface area (Å²) >= 11 is 2.14. The monoisotopic (exact) mass is 380 g/mol. The second-order valence-electron chi connectivity index (χ2n) is 4.40. The molecule has 0 saturated carbocycles. The maximum Gasteiger partial charge on any atom is 0.285 e. The summed E-state index contributed by atoms with van der Waals surface area (Å²) in [6.07, 6.45) is 0. The number of amides is 1. The van der Waals surface area contributed by atoms with Crippen LogP contribution in [0.15, 0.2) is 18.2 Å². The van der Waals surface area contributed by atoms with Gasteiger partial charge < -0.3 is 5.32 Å². The van der Waals surface area contributed by atoms with Crippen molar-refractivity contribution in [3.05, 3.63) is 39.7 Å². The summed E-state index contributed by atoms with van der Waals surface area (Å²) in [6, 6.07) is 2.84. The average molecular weight is 380 g/mol. The van der Waals surface area contributed by atoms with Crippen LogP contribution in [-0.4, -0.2) is 21.3 Å². The van der Waals surface area contributed by atoms with Gasteiger partial charge >= 0.3 is 0 Å². The van der Waals surface area contributed by atoms with E-state index in [1.165, 1.54) is 0 Å². The summed E-state index contributed by atoms with van der Waals surface area (Å²) in [6.45, 7) is 3.89. The Labute approximate surface area is 123 Å². The molecule has 0 radical (unpaired) electrons. The zero-order valence-corrected chi connectivity index (χ0v) is 12.7. The average Bonchev–Trinajstić information content (AvgIpc) is 2.34. The van der Waals surface area contributed by atoms with E-state index in [4.69, 9.17) is 0 Å². The molecule has 1 N–H and O–H groups in total. The molecule has 0 aliphatic heterocycles. The molecule has 1 aromatic rings. The van der Waals surface area contributed by atoms with Crippen LogP contribution in [0, 0.1) is 21.8 Å². The number of carbonyl (C=O) groups excluding carboxylic acids is 1. The first-order valence-corrected chi connectivity index (χ1v) is 7.20. The minimum atomic E-state index is -0.758. The lowest BCUT2D eigenvalue weighted by molar-refractivity contribution is -0.385. The molecule has 5 nitrogen and oxygen atoms in total. The van der Waals surface area contributed by atoms with Crippen molar-refractivity contribution in [1.29, 1.82) is 0 Å². The predicted molar refractivity (Wildman–Crippen MR) is 78.0 cm³/mol. The Kier molecular flexibility index (Phi) is 5.64. The van der Waals surface area contributed by atoms with E-state index in [-0.39, 0.29) is 17.5 Å². The Hall–Kier alpha value is -1.25. The van der Waals surface area contributed by atoms with Gasteiger partial charge in [-0.15, -0.1) is 0 Å². The van der Waals surface area contributed by atoms with Gasteiger partial charge in [0, 0.05) is 10.5 Å². The van der Waals surface area contributed by atoms with Crippen molar-refractivity contribution < 1.29 is 14.1 Å². The SMILES string of the molecule is CC(C)C(CI)NC(=O)c1ccc(F)cc1[N+](=O)[O-]. The summed E-state index contributed by atoms with van der Waals surface area (Å²) < 4.78 is 13.7. The van der Waals surface area contributed by atoms with Crippen molar-refractivity contribution in [3.63, 3.8) is 0 Å². The second kappa shape index (κ2) is 6.78. The highest BCUT2D eigenvalue weighted by Gasteiger charge is 2.23.